The quantitative estimate of drug-likeness (QED) is 0.870. The zero-order valence-corrected chi connectivity index (χ0v) is 12.1. The minimum atomic E-state index is -2.90. The molecular weight excluding hydrogens is 288 g/mol. The monoisotopic (exact) mass is 305 g/mol. The maximum atomic E-state index is 12.5. The number of benzene rings is 2. The first-order valence-corrected chi connectivity index (χ1v) is 7.01. The number of rotatable bonds is 6. The van der Waals surface area contributed by atoms with Gasteiger partial charge in [-0.1, -0.05) is 43.3 Å². The number of carbonyl (C=O) groups excluding carboxylic acids is 1. The molecule has 0 fully saturated rings. The Morgan fingerprint density at radius 1 is 1.09 bits per heavy atom. The van der Waals surface area contributed by atoms with E-state index in [1.165, 1.54) is 6.07 Å². The standard InChI is InChI=1S/C17H17F2NO2/c1-2-14(20-16(21)12-8-4-3-5-9-12)13-10-6-7-11-15(13)22-17(18)19/h3-11,14,17H,2H2,1H3,(H,20,21)/t14-/m1/s1. The van der Waals surface area contributed by atoms with E-state index in [4.69, 9.17) is 0 Å². The fourth-order valence-electron chi connectivity index (χ4n) is 2.20. The highest BCUT2D eigenvalue weighted by atomic mass is 19.3. The maximum Gasteiger partial charge on any atom is 0.387 e. The molecule has 0 heterocycles. The Bertz CT molecular complexity index is 617. The lowest BCUT2D eigenvalue weighted by molar-refractivity contribution is -0.0506. The van der Waals surface area contributed by atoms with Gasteiger partial charge < -0.3 is 10.1 Å². The number of para-hydroxylation sites is 1. The Labute approximate surface area is 127 Å². The highest BCUT2D eigenvalue weighted by Gasteiger charge is 2.19. The number of ether oxygens (including phenoxy) is 1. The number of nitrogens with one attached hydrogen (secondary N) is 1. The van der Waals surface area contributed by atoms with Gasteiger partial charge in [-0.25, -0.2) is 0 Å². The second kappa shape index (κ2) is 7.54. The van der Waals surface area contributed by atoms with Crippen molar-refractivity contribution in [3.05, 3.63) is 65.7 Å². The van der Waals surface area contributed by atoms with E-state index in [9.17, 15) is 13.6 Å². The van der Waals surface area contributed by atoms with Crippen LogP contribution in [0.1, 0.15) is 35.3 Å². The molecule has 0 saturated carbocycles. The summed E-state index contributed by atoms with van der Waals surface area (Å²) in [7, 11) is 0. The average molecular weight is 305 g/mol. The summed E-state index contributed by atoms with van der Waals surface area (Å²) in [4.78, 5) is 12.2. The number of hydrogen-bond donors (Lipinski definition) is 1. The summed E-state index contributed by atoms with van der Waals surface area (Å²) in [5.41, 5.74) is 1.06. The van der Waals surface area contributed by atoms with Crippen LogP contribution in [-0.4, -0.2) is 12.5 Å². The van der Waals surface area contributed by atoms with Crippen LogP contribution in [0.3, 0.4) is 0 Å². The molecule has 1 N–H and O–H groups in total. The molecule has 0 saturated heterocycles. The smallest absolute Gasteiger partial charge is 0.387 e. The van der Waals surface area contributed by atoms with E-state index in [2.05, 4.69) is 10.1 Å². The second-order valence-corrected chi connectivity index (χ2v) is 4.72. The third-order valence-corrected chi connectivity index (χ3v) is 3.26. The van der Waals surface area contributed by atoms with Crippen LogP contribution in [-0.2, 0) is 0 Å². The van der Waals surface area contributed by atoms with Crippen LogP contribution < -0.4 is 10.1 Å². The second-order valence-electron chi connectivity index (χ2n) is 4.72. The van der Waals surface area contributed by atoms with Gasteiger partial charge in [-0.3, -0.25) is 4.79 Å². The predicted octanol–water partition coefficient (Wildman–Crippen LogP) is 4.17. The van der Waals surface area contributed by atoms with Crippen molar-refractivity contribution in [2.45, 2.75) is 26.0 Å². The van der Waals surface area contributed by atoms with Gasteiger partial charge in [0.05, 0.1) is 6.04 Å². The first kappa shape index (κ1) is 15.9. The number of alkyl halides is 2. The number of carbonyl (C=O) groups is 1. The lowest BCUT2D eigenvalue weighted by atomic mass is 10.0. The molecule has 0 aromatic heterocycles. The van der Waals surface area contributed by atoms with Crippen LogP contribution in [0.15, 0.2) is 54.6 Å². The van der Waals surface area contributed by atoms with Gasteiger partial charge >= 0.3 is 6.61 Å². The van der Waals surface area contributed by atoms with Crippen LogP contribution >= 0.6 is 0 Å². The van der Waals surface area contributed by atoms with E-state index in [0.717, 1.165) is 0 Å². The van der Waals surface area contributed by atoms with Gasteiger partial charge in [0.25, 0.3) is 5.91 Å². The van der Waals surface area contributed by atoms with E-state index in [-0.39, 0.29) is 11.7 Å². The summed E-state index contributed by atoms with van der Waals surface area (Å²) in [5, 5.41) is 2.85. The molecule has 2 rings (SSSR count). The molecule has 1 amide bonds. The highest BCUT2D eigenvalue weighted by Crippen LogP contribution is 2.28. The Morgan fingerprint density at radius 3 is 2.36 bits per heavy atom. The molecule has 0 spiro atoms. The summed E-state index contributed by atoms with van der Waals surface area (Å²) >= 11 is 0. The topological polar surface area (TPSA) is 38.3 Å². The van der Waals surface area contributed by atoms with E-state index in [1.54, 1.807) is 42.5 Å². The summed E-state index contributed by atoms with van der Waals surface area (Å²) in [6, 6.07) is 14.8. The van der Waals surface area contributed by atoms with Crippen LogP contribution in [0.5, 0.6) is 5.75 Å². The summed E-state index contributed by atoms with van der Waals surface area (Å²) in [6.07, 6.45) is 0.558. The Morgan fingerprint density at radius 2 is 1.73 bits per heavy atom. The molecular formula is C17H17F2NO2. The van der Waals surface area contributed by atoms with Gasteiger partial charge in [0.2, 0.25) is 0 Å². The van der Waals surface area contributed by atoms with E-state index >= 15 is 0 Å². The molecule has 3 nitrogen and oxygen atoms in total. The SMILES string of the molecule is CC[C@@H](NC(=O)c1ccccc1)c1ccccc1OC(F)F. The molecule has 22 heavy (non-hydrogen) atoms. The first-order valence-electron chi connectivity index (χ1n) is 7.01. The fourth-order valence-corrected chi connectivity index (χ4v) is 2.20. The van der Waals surface area contributed by atoms with Gasteiger partial charge in [-0.05, 0) is 24.6 Å². The summed E-state index contributed by atoms with van der Waals surface area (Å²) < 4.78 is 29.5. The molecule has 116 valence electrons. The summed E-state index contributed by atoms with van der Waals surface area (Å²) in [6.45, 7) is -1.03. The molecule has 0 aliphatic heterocycles. The van der Waals surface area contributed by atoms with Crippen molar-refractivity contribution in [1.82, 2.24) is 5.32 Å². The molecule has 5 heteroatoms. The third kappa shape index (κ3) is 4.04. The highest BCUT2D eigenvalue weighted by molar-refractivity contribution is 5.94. The van der Waals surface area contributed by atoms with E-state index in [0.29, 0.717) is 17.5 Å². The number of amides is 1. The number of halogens is 2. The Hall–Kier alpha value is -2.43. The zero-order chi connectivity index (χ0) is 15.9. The fraction of sp³-hybridized carbons (Fsp3) is 0.235. The predicted molar refractivity (Wildman–Crippen MR) is 80.0 cm³/mol. The molecule has 1 atom stereocenters. The molecule has 0 aliphatic rings. The van der Waals surface area contributed by atoms with Crippen molar-refractivity contribution in [3.8, 4) is 5.75 Å². The first-order chi connectivity index (χ1) is 10.6. The lowest BCUT2D eigenvalue weighted by Crippen LogP contribution is -2.28. The summed E-state index contributed by atoms with van der Waals surface area (Å²) in [5.74, 6) is -0.169. The molecule has 0 unspecified atom stereocenters. The van der Waals surface area contributed by atoms with Crippen LogP contribution in [0.25, 0.3) is 0 Å². The van der Waals surface area contributed by atoms with Gasteiger partial charge in [0.1, 0.15) is 5.75 Å². The maximum absolute atomic E-state index is 12.5. The number of hydrogen-bond acceptors (Lipinski definition) is 2. The Balaban J connectivity index is 2.20. The van der Waals surface area contributed by atoms with Crippen molar-refractivity contribution in [3.63, 3.8) is 0 Å². The molecule has 2 aromatic carbocycles. The van der Waals surface area contributed by atoms with E-state index in [1.807, 2.05) is 13.0 Å². The normalized spacial score (nSPS) is 12.0. The molecule has 0 bridgehead atoms. The minimum absolute atomic E-state index is 0.0812. The van der Waals surface area contributed by atoms with Crippen molar-refractivity contribution in [1.29, 1.82) is 0 Å². The van der Waals surface area contributed by atoms with Crippen molar-refractivity contribution < 1.29 is 18.3 Å². The minimum Gasteiger partial charge on any atom is -0.434 e. The molecule has 0 aliphatic carbocycles. The zero-order valence-electron chi connectivity index (χ0n) is 12.1. The van der Waals surface area contributed by atoms with Crippen molar-refractivity contribution in [2.75, 3.05) is 0 Å². The van der Waals surface area contributed by atoms with Gasteiger partial charge in [-0.15, -0.1) is 0 Å². The van der Waals surface area contributed by atoms with Gasteiger partial charge in [0.15, 0.2) is 0 Å². The average Bonchev–Trinajstić information content (AvgIpc) is 2.53. The van der Waals surface area contributed by atoms with E-state index < -0.39 is 12.7 Å². The van der Waals surface area contributed by atoms with Crippen LogP contribution in [0, 0.1) is 0 Å². The van der Waals surface area contributed by atoms with Crippen LogP contribution in [0.2, 0.25) is 0 Å². The lowest BCUT2D eigenvalue weighted by Gasteiger charge is -2.20. The van der Waals surface area contributed by atoms with Gasteiger partial charge in [-0.2, -0.15) is 8.78 Å². The van der Waals surface area contributed by atoms with Crippen LogP contribution in [0.4, 0.5) is 8.78 Å². The largest absolute Gasteiger partial charge is 0.434 e. The Kier molecular flexibility index (Phi) is 5.47. The third-order valence-electron chi connectivity index (χ3n) is 3.26. The van der Waals surface area contributed by atoms with Crippen molar-refractivity contribution >= 4 is 5.91 Å². The molecule has 0 radical (unpaired) electrons. The van der Waals surface area contributed by atoms with Crippen molar-refractivity contribution in [2.24, 2.45) is 0 Å². The molecule has 2 aromatic rings. The van der Waals surface area contributed by atoms with Gasteiger partial charge in [0, 0.05) is 11.1 Å².